The van der Waals surface area contributed by atoms with Crippen molar-refractivity contribution in [2.24, 2.45) is 5.92 Å². The molecule has 1 saturated heterocycles. The summed E-state index contributed by atoms with van der Waals surface area (Å²) in [7, 11) is 1.62. The fraction of sp³-hybridized carbons (Fsp3) is 0.923. The third-order valence-electron chi connectivity index (χ3n) is 3.18. The highest BCUT2D eigenvalue weighted by Crippen LogP contribution is 2.18. The van der Waals surface area contributed by atoms with Crippen LogP contribution < -0.4 is 5.32 Å². The lowest BCUT2D eigenvalue weighted by molar-refractivity contribution is -0.126. The van der Waals surface area contributed by atoms with Crippen LogP contribution in [-0.2, 0) is 14.3 Å². The van der Waals surface area contributed by atoms with Crippen LogP contribution in [-0.4, -0.2) is 50.1 Å². The van der Waals surface area contributed by atoms with Gasteiger partial charge in [0.2, 0.25) is 5.91 Å². The Hall–Kier alpha value is -0.650. The molecule has 0 saturated carbocycles. The summed E-state index contributed by atoms with van der Waals surface area (Å²) in [6.07, 6.45) is 2.78. The van der Waals surface area contributed by atoms with Crippen molar-refractivity contribution in [2.45, 2.75) is 44.8 Å². The SMILES string of the molecule is COCC(C)OCC(O)CC1CCCCNC1=O. The Kier molecular flexibility index (Phi) is 7.23. The number of carbonyl (C=O) groups excluding carboxylic acids is 1. The van der Waals surface area contributed by atoms with Crippen LogP contribution in [0.15, 0.2) is 0 Å². The van der Waals surface area contributed by atoms with Crippen molar-refractivity contribution >= 4 is 5.91 Å². The first-order chi connectivity index (χ1) is 8.63. The molecule has 18 heavy (non-hydrogen) atoms. The molecule has 5 heteroatoms. The zero-order valence-corrected chi connectivity index (χ0v) is 11.4. The molecule has 1 aliphatic rings. The Balaban J connectivity index is 2.25. The molecule has 1 aliphatic heterocycles. The van der Waals surface area contributed by atoms with E-state index < -0.39 is 6.10 Å². The van der Waals surface area contributed by atoms with Crippen molar-refractivity contribution in [3.63, 3.8) is 0 Å². The van der Waals surface area contributed by atoms with E-state index >= 15 is 0 Å². The molecular formula is C13H25NO4. The molecule has 0 bridgehead atoms. The van der Waals surface area contributed by atoms with Crippen molar-refractivity contribution in [1.29, 1.82) is 0 Å². The molecule has 0 aliphatic carbocycles. The first-order valence-corrected chi connectivity index (χ1v) is 6.69. The highest BCUT2D eigenvalue weighted by atomic mass is 16.5. The number of rotatable bonds is 7. The van der Waals surface area contributed by atoms with E-state index in [-0.39, 0.29) is 24.5 Å². The van der Waals surface area contributed by atoms with E-state index in [2.05, 4.69) is 5.32 Å². The first-order valence-electron chi connectivity index (χ1n) is 6.69. The molecule has 0 spiro atoms. The fourth-order valence-corrected chi connectivity index (χ4v) is 2.18. The molecule has 5 nitrogen and oxygen atoms in total. The van der Waals surface area contributed by atoms with Gasteiger partial charge in [-0.3, -0.25) is 4.79 Å². The predicted molar refractivity (Wildman–Crippen MR) is 68.3 cm³/mol. The number of carbonyl (C=O) groups is 1. The van der Waals surface area contributed by atoms with Gasteiger partial charge in [0.25, 0.3) is 0 Å². The zero-order valence-electron chi connectivity index (χ0n) is 11.4. The van der Waals surface area contributed by atoms with Crippen LogP contribution in [0.4, 0.5) is 0 Å². The number of aliphatic hydroxyl groups excluding tert-OH is 1. The van der Waals surface area contributed by atoms with Gasteiger partial charge >= 0.3 is 0 Å². The Morgan fingerprint density at radius 1 is 1.44 bits per heavy atom. The van der Waals surface area contributed by atoms with E-state index in [1.807, 2.05) is 6.92 Å². The molecule has 0 aromatic carbocycles. The van der Waals surface area contributed by atoms with E-state index in [0.29, 0.717) is 13.0 Å². The summed E-state index contributed by atoms with van der Waals surface area (Å²) in [5.74, 6) is -0.0136. The highest BCUT2D eigenvalue weighted by Gasteiger charge is 2.23. The normalized spacial score (nSPS) is 24.2. The molecule has 1 heterocycles. The van der Waals surface area contributed by atoms with E-state index in [4.69, 9.17) is 9.47 Å². The molecular weight excluding hydrogens is 234 g/mol. The highest BCUT2D eigenvalue weighted by molar-refractivity contribution is 5.78. The number of methoxy groups -OCH3 is 1. The van der Waals surface area contributed by atoms with Crippen LogP contribution in [0.25, 0.3) is 0 Å². The summed E-state index contributed by atoms with van der Waals surface area (Å²) in [5, 5.41) is 12.8. The lowest BCUT2D eigenvalue weighted by Crippen LogP contribution is -2.33. The lowest BCUT2D eigenvalue weighted by Gasteiger charge is -2.19. The van der Waals surface area contributed by atoms with Gasteiger partial charge in [0.1, 0.15) is 0 Å². The Bertz CT molecular complexity index is 247. The summed E-state index contributed by atoms with van der Waals surface area (Å²) in [4.78, 5) is 11.7. The van der Waals surface area contributed by atoms with Crippen molar-refractivity contribution in [1.82, 2.24) is 5.32 Å². The fourth-order valence-electron chi connectivity index (χ4n) is 2.18. The first kappa shape index (κ1) is 15.4. The number of amides is 1. The predicted octanol–water partition coefficient (Wildman–Crippen LogP) is 0.705. The standard InChI is InChI=1S/C13H25NO4/c1-10(8-17-2)18-9-12(15)7-11-5-3-4-6-14-13(11)16/h10-12,15H,3-9H2,1-2H3,(H,14,16). The number of aliphatic hydroxyl groups is 1. The summed E-state index contributed by atoms with van der Waals surface area (Å²) < 4.78 is 10.4. The molecule has 2 N–H and O–H groups in total. The van der Waals surface area contributed by atoms with Crippen molar-refractivity contribution in [3.05, 3.63) is 0 Å². The van der Waals surface area contributed by atoms with Gasteiger partial charge in [0.05, 0.1) is 25.4 Å². The van der Waals surface area contributed by atoms with Gasteiger partial charge in [0, 0.05) is 19.6 Å². The summed E-state index contributed by atoms with van der Waals surface area (Å²) >= 11 is 0. The molecule has 0 radical (unpaired) electrons. The maximum atomic E-state index is 11.7. The minimum Gasteiger partial charge on any atom is -0.391 e. The number of hydrogen-bond acceptors (Lipinski definition) is 4. The summed E-state index contributed by atoms with van der Waals surface area (Å²) in [5.41, 5.74) is 0. The van der Waals surface area contributed by atoms with Crippen LogP contribution in [0.3, 0.4) is 0 Å². The average Bonchev–Trinajstić information content (AvgIpc) is 2.53. The maximum Gasteiger partial charge on any atom is 0.223 e. The van der Waals surface area contributed by atoms with Gasteiger partial charge < -0.3 is 19.9 Å². The largest absolute Gasteiger partial charge is 0.391 e. The molecule has 0 aromatic rings. The van der Waals surface area contributed by atoms with E-state index in [0.717, 1.165) is 25.8 Å². The minimum absolute atomic E-state index is 0.0346. The van der Waals surface area contributed by atoms with Gasteiger partial charge in [0.15, 0.2) is 0 Å². The third-order valence-corrected chi connectivity index (χ3v) is 3.18. The van der Waals surface area contributed by atoms with Gasteiger partial charge in [-0.05, 0) is 26.2 Å². The molecule has 1 fully saturated rings. The van der Waals surface area contributed by atoms with Gasteiger partial charge in [-0.1, -0.05) is 6.42 Å². The van der Waals surface area contributed by atoms with Crippen molar-refractivity contribution in [2.75, 3.05) is 26.9 Å². The quantitative estimate of drug-likeness (QED) is 0.706. The zero-order chi connectivity index (χ0) is 13.4. The van der Waals surface area contributed by atoms with Crippen LogP contribution in [0.2, 0.25) is 0 Å². The lowest BCUT2D eigenvalue weighted by atomic mass is 9.96. The molecule has 1 amide bonds. The van der Waals surface area contributed by atoms with Crippen LogP contribution in [0.5, 0.6) is 0 Å². The second kappa shape index (κ2) is 8.45. The second-order valence-corrected chi connectivity index (χ2v) is 4.97. The average molecular weight is 259 g/mol. The summed E-state index contributed by atoms with van der Waals surface area (Å²) in [6, 6.07) is 0. The Morgan fingerprint density at radius 3 is 2.94 bits per heavy atom. The third kappa shape index (κ3) is 5.80. The Morgan fingerprint density at radius 2 is 2.22 bits per heavy atom. The molecule has 106 valence electrons. The van der Waals surface area contributed by atoms with Crippen LogP contribution in [0.1, 0.15) is 32.6 Å². The number of hydrogen-bond donors (Lipinski definition) is 2. The minimum atomic E-state index is -0.585. The molecule has 3 atom stereocenters. The van der Waals surface area contributed by atoms with Crippen molar-refractivity contribution in [3.8, 4) is 0 Å². The van der Waals surface area contributed by atoms with Gasteiger partial charge in [-0.2, -0.15) is 0 Å². The molecule has 3 unspecified atom stereocenters. The molecule has 1 rings (SSSR count). The topological polar surface area (TPSA) is 67.8 Å². The monoisotopic (exact) mass is 259 g/mol. The summed E-state index contributed by atoms with van der Waals surface area (Å²) in [6.45, 7) is 3.42. The second-order valence-electron chi connectivity index (χ2n) is 4.97. The number of nitrogens with one attached hydrogen (secondary N) is 1. The van der Waals surface area contributed by atoms with Gasteiger partial charge in [-0.25, -0.2) is 0 Å². The van der Waals surface area contributed by atoms with Crippen LogP contribution in [0, 0.1) is 5.92 Å². The molecule has 0 aromatic heterocycles. The van der Waals surface area contributed by atoms with E-state index in [9.17, 15) is 9.90 Å². The van der Waals surface area contributed by atoms with E-state index in [1.54, 1.807) is 7.11 Å². The smallest absolute Gasteiger partial charge is 0.223 e. The van der Waals surface area contributed by atoms with Crippen LogP contribution >= 0.6 is 0 Å². The Labute approximate surface area is 109 Å². The van der Waals surface area contributed by atoms with E-state index in [1.165, 1.54) is 0 Å². The number of ether oxygens (including phenoxy) is 2. The van der Waals surface area contributed by atoms with Crippen molar-refractivity contribution < 1.29 is 19.4 Å². The van der Waals surface area contributed by atoms with Gasteiger partial charge in [-0.15, -0.1) is 0 Å². The maximum absolute atomic E-state index is 11.7.